The minimum atomic E-state index is -0.649. The zero-order valence-corrected chi connectivity index (χ0v) is 12.4. The van der Waals surface area contributed by atoms with Gasteiger partial charge < -0.3 is 10.5 Å². The quantitative estimate of drug-likeness (QED) is 0.423. The fourth-order valence-electron chi connectivity index (χ4n) is 1.57. The monoisotopic (exact) mass is 259 g/mol. The van der Waals surface area contributed by atoms with Crippen LogP contribution in [0.25, 0.3) is 0 Å². The van der Waals surface area contributed by atoms with Crippen molar-refractivity contribution in [1.82, 2.24) is 0 Å². The molecule has 0 heterocycles. The van der Waals surface area contributed by atoms with Crippen LogP contribution < -0.4 is 5.73 Å². The summed E-state index contributed by atoms with van der Waals surface area (Å²) in [5.74, 6) is -0.966. The lowest BCUT2D eigenvalue weighted by molar-refractivity contribution is -0.888. The SMILES string of the molecule is CCC(C)(CC(C)C(N)=O)C(=O)OC[N+](C)(C)C. The first-order chi connectivity index (χ1) is 8.02. The van der Waals surface area contributed by atoms with Crippen molar-refractivity contribution in [1.29, 1.82) is 0 Å². The first-order valence-corrected chi connectivity index (χ1v) is 6.29. The minimum Gasteiger partial charge on any atom is -0.415 e. The smallest absolute Gasteiger partial charge is 0.316 e. The summed E-state index contributed by atoms with van der Waals surface area (Å²) in [6.45, 7) is 5.80. The van der Waals surface area contributed by atoms with E-state index in [4.69, 9.17) is 10.5 Å². The van der Waals surface area contributed by atoms with E-state index in [0.717, 1.165) is 0 Å². The summed E-state index contributed by atoms with van der Waals surface area (Å²) in [4.78, 5) is 23.2. The van der Waals surface area contributed by atoms with E-state index in [1.807, 2.05) is 35.0 Å². The number of primary amides is 1. The second-order valence-electron chi connectivity index (χ2n) is 6.27. The highest BCUT2D eigenvalue weighted by Gasteiger charge is 2.36. The summed E-state index contributed by atoms with van der Waals surface area (Å²) in [5, 5.41) is 0. The van der Waals surface area contributed by atoms with E-state index in [0.29, 0.717) is 24.1 Å². The number of ether oxygens (including phenoxy) is 1. The molecule has 0 aromatic rings. The number of esters is 1. The van der Waals surface area contributed by atoms with Gasteiger partial charge in [-0.1, -0.05) is 13.8 Å². The van der Waals surface area contributed by atoms with Crippen LogP contribution in [-0.2, 0) is 14.3 Å². The van der Waals surface area contributed by atoms with E-state index in [2.05, 4.69) is 0 Å². The molecule has 2 N–H and O–H groups in total. The van der Waals surface area contributed by atoms with Crippen LogP contribution in [0.3, 0.4) is 0 Å². The average Bonchev–Trinajstić information content (AvgIpc) is 2.24. The molecule has 2 unspecified atom stereocenters. The predicted molar refractivity (Wildman–Crippen MR) is 70.4 cm³/mol. The molecule has 106 valence electrons. The van der Waals surface area contributed by atoms with Gasteiger partial charge in [-0.05, 0) is 19.8 Å². The van der Waals surface area contributed by atoms with Crippen LogP contribution in [-0.4, -0.2) is 44.2 Å². The number of quaternary nitrogens is 1. The van der Waals surface area contributed by atoms with Crippen LogP contribution in [0.2, 0.25) is 0 Å². The van der Waals surface area contributed by atoms with Crippen molar-refractivity contribution in [2.45, 2.75) is 33.6 Å². The number of carbonyl (C=O) groups excluding carboxylic acids is 2. The van der Waals surface area contributed by atoms with E-state index in [1.165, 1.54) is 0 Å². The molecule has 0 aromatic carbocycles. The van der Waals surface area contributed by atoms with Crippen molar-refractivity contribution in [2.75, 3.05) is 27.9 Å². The lowest BCUT2D eigenvalue weighted by Gasteiger charge is -2.30. The summed E-state index contributed by atoms with van der Waals surface area (Å²) >= 11 is 0. The molecule has 0 aliphatic carbocycles. The van der Waals surface area contributed by atoms with Crippen molar-refractivity contribution in [3.8, 4) is 0 Å². The van der Waals surface area contributed by atoms with Gasteiger partial charge in [0.2, 0.25) is 12.6 Å². The van der Waals surface area contributed by atoms with Crippen LogP contribution in [0.1, 0.15) is 33.6 Å². The average molecular weight is 259 g/mol. The maximum Gasteiger partial charge on any atom is 0.316 e. The molecular formula is C13H27N2O3+. The molecule has 0 aliphatic heterocycles. The Morgan fingerprint density at radius 1 is 1.33 bits per heavy atom. The van der Waals surface area contributed by atoms with Gasteiger partial charge in [0.15, 0.2) is 0 Å². The summed E-state index contributed by atoms with van der Waals surface area (Å²) in [6, 6.07) is 0. The Morgan fingerprint density at radius 2 is 1.83 bits per heavy atom. The molecule has 0 bridgehead atoms. The first kappa shape index (κ1) is 16.9. The van der Waals surface area contributed by atoms with Gasteiger partial charge in [0.05, 0.1) is 26.6 Å². The lowest BCUT2D eigenvalue weighted by Crippen LogP contribution is -2.41. The minimum absolute atomic E-state index is 0.258. The Bertz CT molecular complexity index is 310. The Hall–Kier alpha value is -1.10. The van der Waals surface area contributed by atoms with Gasteiger partial charge in [-0.15, -0.1) is 0 Å². The number of amides is 1. The fourth-order valence-corrected chi connectivity index (χ4v) is 1.57. The van der Waals surface area contributed by atoms with Gasteiger partial charge in [0.1, 0.15) is 0 Å². The van der Waals surface area contributed by atoms with Crippen LogP contribution in [0, 0.1) is 11.3 Å². The van der Waals surface area contributed by atoms with E-state index in [9.17, 15) is 9.59 Å². The molecule has 18 heavy (non-hydrogen) atoms. The second-order valence-corrected chi connectivity index (χ2v) is 6.27. The Labute approximate surface area is 110 Å². The summed E-state index contributed by atoms with van der Waals surface area (Å²) in [7, 11) is 5.84. The van der Waals surface area contributed by atoms with Crippen LogP contribution >= 0.6 is 0 Å². The highest BCUT2D eigenvalue weighted by Crippen LogP contribution is 2.31. The van der Waals surface area contributed by atoms with Crippen molar-refractivity contribution in [3.05, 3.63) is 0 Å². The number of rotatable bonds is 7. The van der Waals surface area contributed by atoms with E-state index in [1.54, 1.807) is 6.92 Å². The normalized spacial score (nSPS) is 16.8. The van der Waals surface area contributed by atoms with Gasteiger partial charge in [-0.2, -0.15) is 0 Å². The summed E-state index contributed by atoms with van der Waals surface area (Å²) < 4.78 is 5.88. The number of nitrogens with zero attached hydrogens (tertiary/aromatic N) is 1. The molecule has 0 aliphatic rings. The van der Waals surface area contributed by atoms with Crippen molar-refractivity contribution in [3.63, 3.8) is 0 Å². The number of carbonyl (C=O) groups is 2. The zero-order valence-electron chi connectivity index (χ0n) is 12.4. The second kappa shape index (κ2) is 6.18. The van der Waals surface area contributed by atoms with Crippen molar-refractivity contribution < 1.29 is 18.8 Å². The van der Waals surface area contributed by atoms with E-state index >= 15 is 0 Å². The van der Waals surface area contributed by atoms with Crippen molar-refractivity contribution >= 4 is 11.9 Å². The van der Waals surface area contributed by atoms with Gasteiger partial charge in [-0.3, -0.25) is 14.1 Å². The third-order valence-electron chi connectivity index (χ3n) is 3.10. The summed E-state index contributed by atoms with van der Waals surface area (Å²) in [6.07, 6.45) is 1.05. The fraction of sp³-hybridized carbons (Fsp3) is 0.846. The van der Waals surface area contributed by atoms with Crippen LogP contribution in [0.5, 0.6) is 0 Å². The maximum atomic E-state index is 12.1. The molecule has 0 aromatic heterocycles. The predicted octanol–water partition coefficient (Wildman–Crippen LogP) is 1.12. The van der Waals surface area contributed by atoms with Crippen molar-refractivity contribution in [2.24, 2.45) is 17.1 Å². The summed E-state index contributed by atoms with van der Waals surface area (Å²) in [5.41, 5.74) is 4.60. The standard InChI is InChI=1S/C13H26N2O3/c1-7-13(3,8-10(2)11(14)16)12(17)18-9-15(4,5)6/h10H,7-9H2,1-6H3,(H-,14,16)/p+1. The highest BCUT2D eigenvalue weighted by atomic mass is 16.5. The Morgan fingerprint density at radius 3 is 2.17 bits per heavy atom. The molecule has 0 saturated heterocycles. The van der Waals surface area contributed by atoms with Gasteiger partial charge in [0.25, 0.3) is 0 Å². The number of nitrogens with two attached hydrogens (primary N) is 1. The molecule has 5 nitrogen and oxygen atoms in total. The Balaban J connectivity index is 4.63. The molecule has 0 radical (unpaired) electrons. The Kier molecular flexibility index (Phi) is 5.80. The molecule has 2 atom stereocenters. The van der Waals surface area contributed by atoms with E-state index in [-0.39, 0.29) is 17.8 Å². The van der Waals surface area contributed by atoms with Gasteiger partial charge >= 0.3 is 5.97 Å². The molecule has 0 rings (SSSR count). The number of hydrogen-bond donors (Lipinski definition) is 1. The van der Waals surface area contributed by atoms with E-state index < -0.39 is 5.41 Å². The molecular weight excluding hydrogens is 232 g/mol. The molecule has 0 spiro atoms. The first-order valence-electron chi connectivity index (χ1n) is 6.29. The van der Waals surface area contributed by atoms with Crippen LogP contribution in [0.4, 0.5) is 0 Å². The molecule has 5 heteroatoms. The molecule has 0 saturated carbocycles. The topological polar surface area (TPSA) is 69.4 Å². The largest absolute Gasteiger partial charge is 0.415 e. The van der Waals surface area contributed by atoms with Gasteiger partial charge in [0, 0.05) is 5.92 Å². The lowest BCUT2D eigenvalue weighted by atomic mass is 9.79. The van der Waals surface area contributed by atoms with Gasteiger partial charge in [-0.25, -0.2) is 0 Å². The third-order valence-corrected chi connectivity index (χ3v) is 3.10. The van der Waals surface area contributed by atoms with Crippen LogP contribution in [0.15, 0.2) is 0 Å². The maximum absolute atomic E-state index is 12.1. The molecule has 1 amide bonds. The highest BCUT2D eigenvalue weighted by molar-refractivity contribution is 5.80. The third kappa shape index (κ3) is 5.49. The number of hydrogen-bond acceptors (Lipinski definition) is 3. The molecule has 0 fully saturated rings. The zero-order chi connectivity index (χ0) is 14.6.